The average Bonchev–Trinajstić information content (AvgIpc) is 3.16. The lowest BCUT2D eigenvalue weighted by Gasteiger charge is -2.26. The highest BCUT2D eigenvalue weighted by Crippen LogP contribution is 2.38. The van der Waals surface area contributed by atoms with E-state index in [2.05, 4.69) is 70.6 Å². The van der Waals surface area contributed by atoms with Crippen molar-refractivity contribution in [2.24, 2.45) is 5.92 Å². The summed E-state index contributed by atoms with van der Waals surface area (Å²) in [7, 11) is 0. The summed E-state index contributed by atoms with van der Waals surface area (Å²) in [5, 5.41) is 28.1. The van der Waals surface area contributed by atoms with Crippen molar-refractivity contribution in [1.82, 2.24) is 9.97 Å². The highest BCUT2D eigenvalue weighted by atomic mass is 35.5. The van der Waals surface area contributed by atoms with Crippen molar-refractivity contribution in [3.8, 4) is 5.75 Å². The minimum Gasteiger partial charge on any atom is -0.508 e. The zero-order valence-corrected chi connectivity index (χ0v) is 28.6. The molecule has 5 nitrogen and oxygen atoms in total. The lowest BCUT2D eigenvalue weighted by Crippen LogP contribution is -2.16. The molecule has 51 heavy (non-hydrogen) atoms. The molecule has 250 valence electrons. The third-order valence-electron chi connectivity index (χ3n) is 10.2. The number of hydrogen-bond donors (Lipinski definition) is 2. The molecule has 0 bridgehead atoms. The normalized spacial score (nSPS) is 13.9. The van der Waals surface area contributed by atoms with Gasteiger partial charge in [0, 0.05) is 40.8 Å². The first-order valence-corrected chi connectivity index (χ1v) is 17.6. The number of benzene rings is 6. The van der Waals surface area contributed by atoms with Gasteiger partial charge >= 0.3 is 5.97 Å². The van der Waals surface area contributed by atoms with E-state index in [-0.39, 0.29) is 5.56 Å². The maximum Gasteiger partial charge on any atom is 0.336 e. The number of rotatable bonds is 5. The number of carbonyl (C=O) groups is 1. The second-order valence-electron chi connectivity index (χ2n) is 13.4. The number of carboxylic acid groups (broad SMARTS) is 1. The number of aryl methyl sites for hydroxylation is 1. The van der Waals surface area contributed by atoms with Crippen LogP contribution < -0.4 is 0 Å². The quantitative estimate of drug-likeness (QED) is 0.176. The number of aromatic carboxylic acids is 1. The number of phenols is 1. The minimum atomic E-state index is -0.944. The van der Waals surface area contributed by atoms with Crippen LogP contribution in [0.1, 0.15) is 44.6 Å². The molecule has 9 rings (SSSR count). The standard InChI is InChI=1S/C32H27ClO.C13H8N2O2/c33-27-12-7-22(8-13-27)17-26-19-25-11-15-28-29(31(25)20-32(26)34)14-10-24-9-6-23(18-30(24)28)16-21-4-2-1-3-5-21;16-13(17)10-4-6-15-12-9(10)2-1-8-3-5-14-7-11(8)12/h1-5,7-8,10-15,19-20,23,34H,6,9,16-18H2;1-7H,(H,16,17). The molecule has 1 atom stereocenters. The van der Waals surface area contributed by atoms with Crippen molar-refractivity contribution in [3.05, 3.63) is 172 Å². The zero-order chi connectivity index (χ0) is 34.9. The number of aromatic hydroxyl groups is 1. The predicted molar refractivity (Wildman–Crippen MR) is 207 cm³/mol. The second-order valence-corrected chi connectivity index (χ2v) is 13.8. The summed E-state index contributed by atoms with van der Waals surface area (Å²) in [6.45, 7) is 0. The van der Waals surface area contributed by atoms with Crippen LogP contribution >= 0.6 is 11.6 Å². The Labute approximate surface area is 300 Å². The molecule has 6 heteroatoms. The van der Waals surface area contributed by atoms with Crippen LogP contribution in [0, 0.1) is 5.92 Å². The number of aromatic nitrogens is 2. The van der Waals surface area contributed by atoms with Crippen LogP contribution in [0.5, 0.6) is 5.75 Å². The summed E-state index contributed by atoms with van der Waals surface area (Å²) < 4.78 is 0. The van der Waals surface area contributed by atoms with Crippen LogP contribution in [0.15, 0.2) is 134 Å². The number of pyridine rings is 2. The molecule has 1 aliphatic rings. The van der Waals surface area contributed by atoms with E-state index < -0.39 is 5.97 Å². The van der Waals surface area contributed by atoms with Gasteiger partial charge in [0.05, 0.1) is 11.1 Å². The van der Waals surface area contributed by atoms with E-state index in [1.54, 1.807) is 18.5 Å². The van der Waals surface area contributed by atoms with Gasteiger partial charge in [-0.1, -0.05) is 90.5 Å². The summed E-state index contributed by atoms with van der Waals surface area (Å²) in [5.74, 6) is 0.0848. The number of fused-ring (bicyclic) bond motifs is 8. The Balaban J connectivity index is 0.000000184. The molecule has 1 unspecified atom stereocenters. The van der Waals surface area contributed by atoms with Gasteiger partial charge in [0.1, 0.15) is 5.75 Å². The van der Waals surface area contributed by atoms with Gasteiger partial charge in [-0.2, -0.15) is 0 Å². The van der Waals surface area contributed by atoms with Crippen LogP contribution in [0.25, 0.3) is 43.2 Å². The van der Waals surface area contributed by atoms with E-state index in [0.29, 0.717) is 29.0 Å². The van der Waals surface area contributed by atoms with E-state index in [9.17, 15) is 9.90 Å². The van der Waals surface area contributed by atoms with E-state index >= 15 is 0 Å². The Bertz CT molecular complexity index is 2570. The van der Waals surface area contributed by atoms with Crippen molar-refractivity contribution in [1.29, 1.82) is 0 Å². The summed E-state index contributed by atoms with van der Waals surface area (Å²) >= 11 is 6.03. The highest BCUT2D eigenvalue weighted by Gasteiger charge is 2.22. The third kappa shape index (κ3) is 6.61. The molecule has 0 saturated heterocycles. The monoisotopic (exact) mass is 686 g/mol. The van der Waals surface area contributed by atoms with E-state index in [1.807, 2.05) is 42.5 Å². The van der Waals surface area contributed by atoms with Crippen molar-refractivity contribution in [3.63, 3.8) is 0 Å². The Hall–Kier alpha value is -5.78. The van der Waals surface area contributed by atoms with Gasteiger partial charge in [0.15, 0.2) is 0 Å². The fourth-order valence-electron chi connectivity index (χ4n) is 7.61. The number of phenolic OH excluding ortho intramolecular Hbond substituents is 1. The summed E-state index contributed by atoms with van der Waals surface area (Å²) in [4.78, 5) is 19.4. The molecule has 6 aromatic carbocycles. The molecule has 0 fully saturated rings. The molecule has 1 aliphatic carbocycles. The van der Waals surface area contributed by atoms with Gasteiger partial charge in [-0.05, 0) is 123 Å². The largest absolute Gasteiger partial charge is 0.508 e. The molecule has 0 saturated carbocycles. The van der Waals surface area contributed by atoms with E-state index in [0.717, 1.165) is 51.6 Å². The Morgan fingerprint density at radius 2 is 1.53 bits per heavy atom. The number of nitrogens with zero attached hydrogens (tertiary/aromatic N) is 2. The van der Waals surface area contributed by atoms with Crippen molar-refractivity contribution >= 4 is 60.8 Å². The molecular weight excluding hydrogens is 652 g/mol. The molecule has 0 radical (unpaired) electrons. The molecule has 0 aliphatic heterocycles. The van der Waals surface area contributed by atoms with Crippen LogP contribution in [0.2, 0.25) is 5.02 Å². The van der Waals surface area contributed by atoms with E-state index in [4.69, 9.17) is 16.7 Å². The van der Waals surface area contributed by atoms with Gasteiger partial charge in [-0.15, -0.1) is 0 Å². The summed E-state index contributed by atoms with van der Waals surface area (Å²) in [5.41, 5.74) is 7.43. The van der Waals surface area contributed by atoms with Gasteiger partial charge in [0.25, 0.3) is 0 Å². The van der Waals surface area contributed by atoms with Crippen molar-refractivity contribution in [2.75, 3.05) is 0 Å². The van der Waals surface area contributed by atoms with Gasteiger partial charge < -0.3 is 10.2 Å². The van der Waals surface area contributed by atoms with Gasteiger partial charge in [0.2, 0.25) is 0 Å². The number of halogens is 1. The molecule has 0 amide bonds. The topological polar surface area (TPSA) is 83.3 Å². The number of hydrogen-bond acceptors (Lipinski definition) is 4. The van der Waals surface area contributed by atoms with Crippen LogP contribution in [0.3, 0.4) is 0 Å². The average molecular weight is 687 g/mol. The van der Waals surface area contributed by atoms with Crippen molar-refractivity contribution in [2.45, 2.75) is 32.1 Å². The first-order valence-electron chi connectivity index (χ1n) is 17.2. The first kappa shape index (κ1) is 32.4. The maximum absolute atomic E-state index is 11.1. The summed E-state index contributed by atoms with van der Waals surface area (Å²) in [6, 6.07) is 38.9. The van der Waals surface area contributed by atoms with Crippen molar-refractivity contribution < 1.29 is 15.0 Å². The fraction of sp³-hybridized carbons (Fsp3) is 0.133. The predicted octanol–water partition coefficient (Wildman–Crippen LogP) is 10.8. The molecular formula is C45H35ClN2O3. The van der Waals surface area contributed by atoms with Gasteiger partial charge in [-0.3, -0.25) is 9.97 Å². The third-order valence-corrected chi connectivity index (χ3v) is 10.4. The second kappa shape index (κ2) is 13.9. The molecule has 0 spiro atoms. The fourth-order valence-corrected chi connectivity index (χ4v) is 7.73. The van der Waals surface area contributed by atoms with Crippen LogP contribution in [-0.2, 0) is 25.7 Å². The maximum atomic E-state index is 11.1. The smallest absolute Gasteiger partial charge is 0.336 e. The lowest BCUT2D eigenvalue weighted by molar-refractivity contribution is 0.0699. The Morgan fingerprint density at radius 1 is 0.745 bits per heavy atom. The molecule has 8 aromatic rings. The molecule has 2 heterocycles. The van der Waals surface area contributed by atoms with Crippen LogP contribution in [0.4, 0.5) is 0 Å². The number of carboxylic acids is 1. The molecule has 2 N–H and O–H groups in total. The van der Waals surface area contributed by atoms with Gasteiger partial charge in [-0.25, -0.2) is 4.79 Å². The zero-order valence-electron chi connectivity index (χ0n) is 27.9. The Morgan fingerprint density at radius 3 is 2.35 bits per heavy atom. The highest BCUT2D eigenvalue weighted by molar-refractivity contribution is 6.30. The first-order chi connectivity index (χ1) is 24.9. The summed E-state index contributed by atoms with van der Waals surface area (Å²) in [6.07, 6.45) is 10.3. The Kier molecular flexibility index (Phi) is 8.81. The van der Waals surface area contributed by atoms with E-state index in [1.165, 1.54) is 51.5 Å². The lowest BCUT2D eigenvalue weighted by atomic mass is 9.78. The van der Waals surface area contributed by atoms with Crippen LogP contribution in [-0.4, -0.2) is 26.2 Å². The minimum absolute atomic E-state index is 0.265. The SMILES string of the molecule is O=C(O)c1ccnc2c1ccc1ccncc12.Oc1cc2c(ccc3c4c(ccc32)CCC(Cc2ccccc2)C4)cc1Cc1ccc(Cl)cc1. The molecule has 2 aromatic heterocycles.